The van der Waals surface area contributed by atoms with Gasteiger partial charge in [-0.05, 0) is 45.0 Å². The van der Waals surface area contributed by atoms with Gasteiger partial charge in [0.15, 0.2) is 5.82 Å². The molecule has 0 spiro atoms. The Hall–Kier alpha value is -3.59. The van der Waals surface area contributed by atoms with Crippen molar-refractivity contribution in [2.24, 2.45) is 4.99 Å². The van der Waals surface area contributed by atoms with Gasteiger partial charge < -0.3 is 10.2 Å². The zero-order valence-electron chi connectivity index (χ0n) is 19.8. The second kappa shape index (κ2) is 9.34. The molecule has 176 valence electrons. The van der Waals surface area contributed by atoms with Crippen LogP contribution in [-0.2, 0) is 17.9 Å². The van der Waals surface area contributed by atoms with Gasteiger partial charge >= 0.3 is 0 Å². The number of carbonyl (C=O) groups excluding carboxylic acids is 2. The number of hydrogen-bond acceptors (Lipinski definition) is 6. The minimum Gasteiger partial charge on any atom is -0.355 e. The predicted molar refractivity (Wildman–Crippen MR) is 131 cm³/mol. The molecule has 1 N–H and O–H groups in total. The summed E-state index contributed by atoms with van der Waals surface area (Å²) >= 11 is 6.23. The number of benzene rings is 1. The number of halogens is 1. The van der Waals surface area contributed by atoms with Crippen LogP contribution < -0.4 is 5.32 Å². The Labute approximate surface area is 202 Å². The molecule has 1 aliphatic rings. The first kappa shape index (κ1) is 23.6. The molecule has 1 atom stereocenters. The number of carbonyl (C=O) groups is 2. The van der Waals surface area contributed by atoms with Crippen molar-refractivity contribution in [2.75, 3.05) is 14.1 Å². The average molecular weight is 480 g/mol. The number of fused-ring (bicyclic) bond motifs is 1. The average Bonchev–Trinajstić information content (AvgIpc) is 3.39. The van der Waals surface area contributed by atoms with Crippen LogP contribution in [0.2, 0.25) is 5.02 Å². The van der Waals surface area contributed by atoms with E-state index < -0.39 is 0 Å². The lowest BCUT2D eigenvalue weighted by molar-refractivity contribution is -0.117. The number of aryl methyl sites for hydroxylation is 1. The van der Waals surface area contributed by atoms with E-state index in [1.807, 2.05) is 25.5 Å². The second-order valence-corrected chi connectivity index (χ2v) is 8.60. The van der Waals surface area contributed by atoms with Crippen LogP contribution in [-0.4, -0.2) is 62.3 Å². The van der Waals surface area contributed by atoms with E-state index in [4.69, 9.17) is 11.6 Å². The maximum Gasteiger partial charge on any atom is 0.273 e. The largest absolute Gasteiger partial charge is 0.355 e. The number of hydrogen-bond donors (Lipinski definition) is 1. The first-order valence-electron chi connectivity index (χ1n) is 11.0. The lowest BCUT2D eigenvalue weighted by Crippen LogP contribution is -2.28. The van der Waals surface area contributed by atoms with Crippen molar-refractivity contribution in [3.63, 3.8) is 0 Å². The molecular weight excluding hydrogens is 454 g/mol. The fraction of sp³-hybridized carbons (Fsp3) is 0.333. The number of allylic oxidation sites excluding steroid dienone is 1. The van der Waals surface area contributed by atoms with Crippen molar-refractivity contribution in [1.29, 1.82) is 0 Å². The molecule has 2 amide bonds. The monoisotopic (exact) mass is 479 g/mol. The van der Waals surface area contributed by atoms with Gasteiger partial charge in [-0.2, -0.15) is 5.10 Å². The van der Waals surface area contributed by atoms with Crippen LogP contribution in [0, 0.1) is 6.92 Å². The second-order valence-electron chi connectivity index (χ2n) is 8.16. The molecule has 1 unspecified atom stereocenters. The molecule has 9 nitrogen and oxygen atoms in total. The molecule has 3 heterocycles. The quantitative estimate of drug-likeness (QED) is 0.585. The molecule has 3 aromatic rings. The van der Waals surface area contributed by atoms with Crippen molar-refractivity contribution in [3.8, 4) is 0 Å². The Bertz CT molecular complexity index is 1360. The molecule has 10 heteroatoms. The maximum atomic E-state index is 13.6. The minimum absolute atomic E-state index is 0.210. The normalized spacial score (nSPS) is 15.3. The zero-order chi connectivity index (χ0) is 24.6. The number of nitrogens with zero attached hydrogens (tertiary/aromatic N) is 6. The van der Waals surface area contributed by atoms with Crippen molar-refractivity contribution in [1.82, 2.24) is 30.0 Å². The van der Waals surface area contributed by atoms with Crippen molar-refractivity contribution >= 4 is 40.0 Å². The third kappa shape index (κ3) is 4.31. The summed E-state index contributed by atoms with van der Waals surface area (Å²) in [4.78, 5) is 41.1. The van der Waals surface area contributed by atoms with Gasteiger partial charge in [-0.1, -0.05) is 11.6 Å². The van der Waals surface area contributed by atoms with Crippen LogP contribution in [0.15, 0.2) is 41.0 Å². The lowest BCUT2D eigenvalue weighted by Gasteiger charge is -2.18. The Morgan fingerprint density at radius 1 is 1.26 bits per heavy atom. The highest BCUT2D eigenvalue weighted by molar-refractivity contribution is 6.31. The highest BCUT2D eigenvalue weighted by Crippen LogP contribution is 2.25. The summed E-state index contributed by atoms with van der Waals surface area (Å²) in [7, 11) is 3.30. The first-order valence-corrected chi connectivity index (χ1v) is 11.4. The third-order valence-corrected chi connectivity index (χ3v) is 6.15. The molecule has 0 saturated heterocycles. The zero-order valence-corrected chi connectivity index (χ0v) is 20.5. The highest BCUT2D eigenvalue weighted by atomic mass is 35.5. The summed E-state index contributed by atoms with van der Waals surface area (Å²) < 4.78 is 1.89. The fourth-order valence-corrected chi connectivity index (χ4v) is 4.12. The van der Waals surface area contributed by atoms with Crippen molar-refractivity contribution in [3.05, 3.63) is 63.8 Å². The van der Waals surface area contributed by atoms with E-state index in [9.17, 15) is 9.59 Å². The van der Waals surface area contributed by atoms with Gasteiger partial charge in [0.2, 0.25) is 5.91 Å². The minimum atomic E-state index is -0.334. The number of aliphatic imine (C=N–C) groups is 1. The number of aromatic nitrogens is 4. The van der Waals surface area contributed by atoms with Gasteiger partial charge in [0.1, 0.15) is 11.4 Å². The van der Waals surface area contributed by atoms with Gasteiger partial charge in [0.05, 0.1) is 17.8 Å². The van der Waals surface area contributed by atoms with Gasteiger partial charge in [-0.15, -0.1) is 0 Å². The predicted octanol–water partition coefficient (Wildman–Crippen LogP) is 2.94. The highest BCUT2D eigenvalue weighted by Gasteiger charge is 2.26. The lowest BCUT2D eigenvalue weighted by atomic mass is 10.1. The molecule has 0 saturated carbocycles. The first-order chi connectivity index (χ1) is 16.2. The van der Waals surface area contributed by atoms with E-state index in [2.05, 4.69) is 25.4 Å². The summed E-state index contributed by atoms with van der Waals surface area (Å²) in [5, 5.41) is 8.02. The van der Waals surface area contributed by atoms with Crippen LogP contribution in [0.1, 0.15) is 41.4 Å². The van der Waals surface area contributed by atoms with E-state index in [1.54, 1.807) is 49.5 Å². The number of likely N-dealkylation sites (N-methyl/N-ethyl adjacent to an activating group) is 1. The number of rotatable bonds is 6. The van der Waals surface area contributed by atoms with Crippen LogP contribution in [0.3, 0.4) is 0 Å². The number of nitrogens with one attached hydrogen (secondary N) is 1. The molecular formula is C24H26ClN7O2. The van der Waals surface area contributed by atoms with E-state index >= 15 is 0 Å². The van der Waals surface area contributed by atoms with E-state index in [-0.39, 0.29) is 29.4 Å². The van der Waals surface area contributed by atoms with Gasteiger partial charge in [-0.25, -0.2) is 9.97 Å². The molecule has 0 bridgehead atoms. The summed E-state index contributed by atoms with van der Waals surface area (Å²) in [5.41, 5.74) is 3.74. The molecule has 1 aliphatic heterocycles. The number of amides is 2. The van der Waals surface area contributed by atoms with Crippen LogP contribution >= 0.6 is 11.6 Å². The summed E-state index contributed by atoms with van der Waals surface area (Å²) in [6.45, 7) is 6.97. The van der Waals surface area contributed by atoms with Gasteiger partial charge in [-0.3, -0.25) is 19.3 Å². The molecule has 0 radical (unpaired) electrons. The summed E-state index contributed by atoms with van der Waals surface area (Å²) in [5.74, 6) is -0.202. The molecule has 4 rings (SSSR count). The van der Waals surface area contributed by atoms with Crippen LogP contribution in [0.5, 0.6) is 0 Å². The van der Waals surface area contributed by atoms with Crippen molar-refractivity contribution < 1.29 is 9.59 Å². The maximum absolute atomic E-state index is 13.6. The van der Waals surface area contributed by atoms with Crippen LogP contribution in [0.25, 0.3) is 10.9 Å². The fourth-order valence-electron chi connectivity index (χ4n) is 3.95. The Kier molecular flexibility index (Phi) is 6.47. The molecule has 34 heavy (non-hydrogen) atoms. The summed E-state index contributed by atoms with van der Waals surface area (Å²) in [6.07, 6.45) is 3.45. The van der Waals surface area contributed by atoms with Gasteiger partial charge in [0.25, 0.3) is 5.91 Å². The molecule has 0 fully saturated rings. The Morgan fingerprint density at radius 2 is 2.03 bits per heavy atom. The van der Waals surface area contributed by atoms with E-state index in [1.165, 1.54) is 0 Å². The van der Waals surface area contributed by atoms with E-state index in [0.29, 0.717) is 33.8 Å². The summed E-state index contributed by atoms with van der Waals surface area (Å²) in [6, 6.07) is 4.82. The Morgan fingerprint density at radius 3 is 2.71 bits per heavy atom. The molecule has 2 aromatic heterocycles. The molecule has 0 aliphatic carbocycles. The standard InChI is InChI=1S/C24H26ClN7O2/c1-6-32-14(3)15(11-27-32)12-31(5)24(34)21-18-9-16(25)7-8-19(18)29-22(30-21)20-10-17(13(2)28-20)23(33)26-4/h7-11,13H,6,12H2,1-5H3,(H,26,33). The third-order valence-electron chi connectivity index (χ3n) is 5.91. The molecule has 1 aromatic carbocycles. The SMILES string of the molecule is CCn1ncc(CN(C)C(=O)c2nc(C3=NC(C)C(C(=O)NC)=C3)nc3ccc(Cl)cc23)c1C. The smallest absolute Gasteiger partial charge is 0.273 e. The Balaban J connectivity index is 1.75. The van der Waals surface area contributed by atoms with Gasteiger partial charge in [0, 0.05) is 54.4 Å². The topological polar surface area (TPSA) is 105 Å². The van der Waals surface area contributed by atoms with Crippen molar-refractivity contribution in [2.45, 2.75) is 39.9 Å². The van der Waals surface area contributed by atoms with Crippen LogP contribution in [0.4, 0.5) is 0 Å². The van der Waals surface area contributed by atoms with E-state index in [0.717, 1.165) is 17.8 Å².